The van der Waals surface area contributed by atoms with E-state index in [2.05, 4.69) is 6.92 Å². The second-order valence-corrected chi connectivity index (χ2v) is 5.15. The van der Waals surface area contributed by atoms with E-state index in [1.54, 1.807) is 11.9 Å². The first-order chi connectivity index (χ1) is 9.02. The van der Waals surface area contributed by atoms with Crippen LogP contribution >= 0.6 is 0 Å². The summed E-state index contributed by atoms with van der Waals surface area (Å²) < 4.78 is 5.39. The summed E-state index contributed by atoms with van der Waals surface area (Å²) >= 11 is 0. The molecule has 2 atom stereocenters. The first-order valence-electron chi connectivity index (χ1n) is 6.52. The van der Waals surface area contributed by atoms with E-state index < -0.39 is 0 Å². The first kappa shape index (κ1) is 13.8. The molecule has 1 aromatic rings. The van der Waals surface area contributed by atoms with E-state index in [-0.39, 0.29) is 18.6 Å². The standard InChI is InChI=1S/C14H21N3O2/c1-9(7-15)5-11(16)10-3-4-13-12(6-10)17(2)14(18)8-19-13/h3-4,6,9,11H,5,7-8,15-16H2,1-2H3. The minimum atomic E-state index is -0.0747. The van der Waals surface area contributed by atoms with Crippen molar-refractivity contribution < 1.29 is 9.53 Å². The van der Waals surface area contributed by atoms with Crippen molar-refractivity contribution in [1.82, 2.24) is 0 Å². The number of carbonyl (C=O) groups is 1. The third-order valence-corrected chi connectivity index (χ3v) is 3.56. The summed E-state index contributed by atoms with van der Waals surface area (Å²) in [6.45, 7) is 2.80. The predicted octanol–water partition coefficient (Wildman–Crippen LogP) is 1.03. The van der Waals surface area contributed by atoms with E-state index in [9.17, 15) is 4.79 Å². The van der Waals surface area contributed by atoms with Crippen LogP contribution in [0.5, 0.6) is 5.75 Å². The van der Waals surface area contributed by atoms with E-state index in [0.717, 1.165) is 23.4 Å². The molecule has 1 aromatic carbocycles. The van der Waals surface area contributed by atoms with Gasteiger partial charge >= 0.3 is 0 Å². The fourth-order valence-corrected chi connectivity index (χ4v) is 2.19. The van der Waals surface area contributed by atoms with Crippen LogP contribution in [0, 0.1) is 5.92 Å². The molecule has 0 saturated carbocycles. The third kappa shape index (κ3) is 2.88. The lowest BCUT2D eigenvalue weighted by atomic mass is 9.96. The molecule has 0 aliphatic carbocycles. The lowest BCUT2D eigenvalue weighted by Crippen LogP contribution is -2.35. The van der Waals surface area contributed by atoms with Gasteiger partial charge in [0.05, 0.1) is 5.69 Å². The molecule has 0 fully saturated rings. The van der Waals surface area contributed by atoms with Crippen molar-refractivity contribution in [3.63, 3.8) is 0 Å². The third-order valence-electron chi connectivity index (χ3n) is 3.56. The molecule has 5 heteroatoms. The number of carbonyl (C=O) groups excluding carboxylic acids is 1. The molecule has 1 heterocycles. The van der Waals surface area contributed by atoms with Crippen LogP contribution in [0.4, 0.5) is 5.69 Å². The molecule has 0 radical (unpaired) electrons. The maximum atomic E-state index is 11.6. The zero-order chi connectivity index (χ0) is 14.0. The summed E-state index contributed by atoms with van der Waals surface area (Å²) in [5.74, 6) is 1.06. The molecular weight excluding hydrogens is 242 g/mol. The van der Waals surface area contributed by atoms with Gasteiger partial charge in [0.25, 0.3) is 5.91 Å². The Hall–Kier alpha value is -1.59. The van der Waals surface area contributed by atoms with Gasteiger partial charge in [0.15, 0.2) is 6.61 Å². The topological polar surface area (TPSA) is 81.6 Å². The summed E-state index contributed by atoms with van der Waals surface area (Å²) in [6.07, 6.45) is 0.827. The molecule has 0 aromatic heterocycles. The molecule has 104 valence electrons. The van der Waals surface area contributed by atoms with Gasteiger partial charge in [-0.2, -0.15) is 0 Å². The Bertz CT molecular complexity index is 476. The average Bonchev–Trinajstić information content (AvgIpc) is 2.42. The molecule has 5 nitrogen and oxygen atoms in total. The number of nitrogens with two attached hydrogens (primary N) is 2. The van der Waals surface area contributed by atoms with Crippen LogP contribution in [0.1, 0.15) is 24.9 Å². The molecule has 1 amide bonds. The molecular formula is C14H21N3O2. The zero-order valence-corrected chi connectivity index (χ0v) is 11.4. The normalized spacial score (nSPS) is 17.7. The highest BCUT2D eigenvalue weighted by molar-refractivity contribution is 5.97. The van der Waals surface area contributed by atoms with Crippen LogP contribution in [0.25, 0.3) is 0 Å². The Balaban J connectivity index is 2.22. The number of rotatable bonds is 4. The van der Waals surface area contributed by atoms with E-state index in [0.29, 0.717) is 12.5 Å². The number of likely N-dealkylation sites (N-methyl/N-ethyl adjacent to an activating group) is 1. The van der Waals surface area contributed by atoms with Crippen molar-refractivity contribution in [3.8, 4) is 5.75 Å². The number of amides is 1. The van der Waals surface area contributed by atoms with Gasteiger partial charge in [-0.15, -0.1) is 0 Å². The van der Waals surface area contributed by atoms with Crippen molar-refractivity contribution in [2.45, 2.75) is 19.4 Å². The molecule has 2 rings (SSSR count). The number of fused-ring (bicyclic) bond motifs is 1. The molecule has 2 unspecified atom stereocenters. The molecule has 19 heavy (non-hydrogen) atoms. The predicted molar refractivity (Wildman–Crippen MR) is 75.1 cm³/mol. The van der Waals surface area contributed by atoms with Gasteiger partial charge in [-0.25, -0.2) is 0 Å². The fourth-order valence-electron chi connectivity index (χ4n) is 2.19. The maximum absolute atomic E-state index is 11.6. The maximum Gasteiger partial charge on any atom is 0.264 e. The Morgan fingerprint density at radius 1 is 1.47 bits per heavy atom. The Kier molecular flexibility index (Phi) is 4.07. The number of nitrogens with zero attached hydrogens (tertiary/aromatic N) is 1. The fraction of sp³-hybridized carbons (Fsp3) is 0.500. The molecule has 0 spiro atoms. The molecule has 4 N–H and O–H groups in total. The Labute approximate surface area is 113 Å². The number of anilines is 1. The van der Waals surface area contributed by atoms with Crippen molar-refractivity contribution in [3.05, 3.63) is 23.8 Å². The minimum absolute atomic E-state index is 0.0476. The minimum Gasteiger partial charge on any atom is -0.482 e. The smallest absolute Gasteiger partial charge is 0.264 e. The highest BCUT2D eigenvalue weighted by Crippen LogP contribution is 2.34. The van der Waals surface area contributed by atoms with Crippen LogP contribution in [-0.2, 0) is 4.79 Å². The quantitative estimate of drug-likeness (QED) is 0.850. The highest BCUT2D eigenvalue weighted by atomic mass is 16.5. The second kappa shape index (κ2) is 5.59. The second-order valence-electron chi connectivity index (χ2n) is 5.15. The van der Waals surface area contributed by atoms with Crippen LogP contribution < -0.4 is 21.1 Å². The molecule has 1 aliphatic heterocycles. The van der Waals surface area contributed by atoms with Crippen LogP contribution in [0.2, 0.25) is 0 Å². The lowest BCUT2D eigenvalue weighted by Gasteiger charge is -2.27. The SMILES string of the molecule is CC(CN)CC(N)c1ccc2c(c1)N(C)C(=O)CO2. The van der Waals surface area contributed by atoms with Gasteiger partial charge in [0, 0.05) is 13.1 Å². The van der Waals surface area contributed by atoms with Gasteiger partial charge in [-0.3, -0.25) is 4.79 Å². The van der Waals surface area contributed by atoms with Crippen molar-refractivity contribution in [2.24, 2.45) is 17.4 Å². The van der Waals surface area contributed by atoms with Gasteiger partial charge in [-0.05, 0) is 36.6 Å². The summed E-state index contributed by atoms with van der Waals surface area (Å²) in [5.41, 5.74) is 13.6. The van der Waals surface area contributed by atoms with Crippen LogP contribution in [-0.4, -0.2) is 26.1 Å². The highest BCUT2D eigenvalue weighted by Gasteiger charge is 2.23. The van der Waals surface area contributed by atoms with E-state index in [1.165, 1.54) is 0 Å². The number of hydrogen-bond acceptors (Lipinski definition) is 4. The van der Waals surface area contributed by atoms with Crippen molar-refractivity contribution in [1.29, 1.82) is 0 Å². The van der Waals surface area contributed by atoms with Crippen LogP contribution in [0.15, 0.2) is 18.2 Å². The summed E-state index contributed by atoms with van der Waals surface area (Å²) in [5, 5.41) is 0. The monoisotopic (exact) mass is 263 g/mol. The molecule has 0 bridgehead atoms. The van der Waals surface area contributed by atoms with E-state index >= 15 is 0 Å². The summed E-state index contributed by atoms with van der Waals surface area (Å²) in [4.78, 5) is 13.2. The van der Waals surface area contributed by atoms with Gasteiger partial charge < -0.3 is 21.1 Å². The average molecular weight is 263 g/mol. The Morgan fingerprint density at radius 2 is 2.21 bits per heavy atom. The zero-order valence-electron chi connectivity index (χ0n) is 11.4. The first-order valence-corrected chi connectivity index (χ1v) is 6.52. The lowest BCUT2D eigenvalue weighted by molar-refractivity contribution is -0.120. The van der Waals surface area contributed by atoms with Crippen molar-refractivity contribution >= 4 is 11.6 Å². The largest absolute Gasteiger partial charge is 0.482 e. The van der Waals surface area contributed by atoms with E-state index in [4.69, 9.17) is 16.2 Å². The van der Waals surface area contributed by atoms with Gasteiger partial charge in [0.1, 0.15) is 5.75 Å². The number of ether oxygens (including phenoxy) is 1. The summed E-state index contributed by atoms with van der Waals surface area (Å²) in [7, 11) is 1.75. The number of benzene rings is 1. The van der Waals surface area contributed by atoms with Gasteiger partial charge in [0.2, 0.25) is 0 Å². The van der Waals surface area contributed by atoms with Gasteiger partial charge in [-0.1, -0.05) is 13.0 Å². The molecule has 0 saturated heterocycles. The Morgan fingerprint density at radius 3 is 2.89 bits per heavy atom. The van der Waals surface area contributed by atoms with E-state index in [1.807, 2.05) is 18.2 Å². The molecule has 1 aliphatic rings. The van der Waals surface area contributed by atoms with Crippen LogP contribution in [0.3, 0.4) is 0 Å². The van der Waals surface area contributed by atoms with Crippen molar-refractivity contribution in [2.75, 3.05) is 25.1 Å². The number of hydrogen-bond donors (Lipinski definition) is 2. The summed E-state index contributed by atoms with van der Waals surface area (Å²) in [6, 6.07) is 5.69.